The Morgan fingerprint density at radius 2 is 1.79 bits per heavy atom. The topological polar surface area (TPSA) is 53.1 Å². The van der Waals surface area contributed by atoms with Gasteiger partial charge < -0.3 is 15.5 Å². The zero-order valence-electron chi connectivity index (χ0n) is 15.4. The molecule has 2 aromatic rings. The van der Waals surface area contributed by atoms with Crippen molar-refractivity contribution in [3.8, 4) is 0 Å². The minimum Gasteiger partial charge on any atom is -0.370 e. The van der Waals surface area contributed by atoms with Crippen molar-refractivity contribution >= 4 is 17.5 Å². The predicted molar refractivity (Wildman–Crippen MR) is 102 cm³/mol. The summed E-state index contributed by atoms with van der Waals surface area (Å²) in [4.78, 5) is 11.2. The van der Waals surface area contributed by atoms with Crippen molar-refractivity contribution in [1.82, 2.24) is 14.9 Å². The number of aryl methyl sites for hydroxylation is 1. The first-order valence-corrected chi connectivity index (χ1v) is 8.55. The Balaban J connectivity index is 1.99. The molecule has 0 spiro atoms. The van der Waals surface area contributed by atoms with Crippen LogP contribution in [0.5, 0.6) is 0 Å². The summed E-state index contributed by atoms with van der Waals surface area (Å²) in [6, 6.07) is 10.4. The highest BCUT2D eigenvalue weighted by Gasteiger charge is 2.04. The van der Waals surface area contributed by atoms with Gasteiger partial charge in [0.15, 0.2) is 0 Å². The van der Waals surface area contributed by atoms with Crippen molar-refractivity contribution in [3.63, 3.8) is 0 Å². The number of anilines is 3. The van der Waals surface area contributed by atoms with Crippen molar-refractivity contribution in [3.05, 3.63) is 41.6 Å². The zero-order valence-corrected chi connectivity index (χ0v) is 15.4. The molecule has 5 heteroatoms. The molecule has 1 heterocycles. The van der Waals surface area contributed by atoms with Crippen molar-refractivity contribution in [2.75, 3.05) is 37.8 Å². The average molecular weight is 327 g/mol. The van der Waals surface area contributed by atoms with Crippen LogP contribution >= 0.6 is 0 Å². The van der Waals surface area contributed by atoms with Gasteiger partial charge in [-0.2, -0.15) is 4.98 Å². The minimum atomic E-state index is 0.534. The van der Waals surface area contributed by atoms with Gasteiger partial charge in [-0.05, 0) is 57.6 Å². The molecule has 130 valence electrons. The summed E-state index contributed by atoms with van der Waals surface area (Å²) in [5.41, 5.74) is 3.28. The number of hydrogen-bond acceptors (Lipinski definition) is 5. The average Bonchev–Trinajstić information content (AvgIpc) is 2.51. The van der Waals surface area contributed by atoms with Crippen LogP contribution in [0.15, 0.2) is 30.3 Å². The third kappa shape index (κ3) is 5.81. The van der Waals surface area contributed by atoms with Crippen molar-refractivity contribution in [2.24, 2.45) is 0 Å². The summed E-state index contributed by atoms with van der Waals surface area (Å²) < 4.78 is 0. The molecular formula is C19H29N5. The summed E-state index contributed by atoms with van der Waals surface area (Å²) in [5, 5.41) is 6.66. The van der Waals surface area contributed by atoms with Gasteiger partial charge in [-0.15, -0.1) is 0 Å². The summed E-state index contributed by atoms with van der Waals surface area (Å²) in [7, 11) is 4.17. The van der Waals surface area contributed by atoms with Crippen molar-refractivity contribution < 1.29 is 0 Å². The normalized spacial score (nSPS) is 11.1. The molecule has 5 nitrogen and oxygen atoms in total. The van der Waals surface area contributed by atoms with Gasteiger partial charge in [-0.1, -0.05) is 26.0 Å². The molecule has 0 radical (unpaired) electrons. The Bertz CT molecular complexity index is 635. The Morgan fingerprint density at radius 1 is 1.08 bits per heavy atom. The maximum Gasteiger partial charge on any atom is 0.229 e. The molecule has 24 heavy (non-hydrogen) atoms. The van der Waals surface area contributed by atoms with Crippen molar-refractivity contribution in [2.45, 2.75) is 33.1 Å². The minimum absolute atomic E-state index is 0.534. The summed E-state index contributed by atoms with van der Waals surface area (Å²) >= 11 is 0. The van der Waals surface area contributed by atoms with E-state index in [1.54, 1.807) is 0 Å². The van der Waals surface area contributed by atoms with E-state index in [4.69, 9.17) is 0 Å². The smallest absolute Gasteiger partial charge is 0.229 e. The highest BCUT2D eigenvalue weighted by Crippen LogP contribution is 2.20. The Labute approximate surface area is 145 Å². The van der Waals surface area contributed by atoms with E-state index < -0.39 is 0 Å². The van der Waals surface area contributed by atoms with Gasteiger partial charge in [0.05, 0.1) is 0 Å². The SMILES string of the molecule is Cc1cc(NCCCN(C)C)nc(Nc2ccc(C(C)C)cc2)n1. The van der Waals surface area contributed by atoms with Gasteiger partial charge in [-0.3, -0.25) is 0 Å². The van der Waals surface area contributed by atoms with Crippen molar-refractivity contribution in [1.29, 1.82) is 0 Å². The quantitative estimate of drug-likeness (QED) is 0.717. The lowest BCUT2D eigenvalue weighted by Crippen LogP contribution is -2.16. The maximum absolute atomic E-state index is 4.56. The van der Waals surface area contributed by atoms with E-state index in [0.717, 1.165) is 36.7 Å². The van der Waals surface area contributed by atoms with Gasteiger partial charge in [0.25, 0.3) is 0 Å². The third-order valence-corrected chi connectivity index (χ3v) is 3.78. The van der Waals surface area contributed by atoms with E-state index >= 15 is 0 Å². The number of benzene rings is 1. The van der Waals surface area contributed by atoms with E-state index in [9.17, 15) is 0 Å². The Kier molecular flexibility index (Phi) is 6.55. The molecule has 0 aliphatic heterocycles. The zero-order chi connectivity index (χ0) is 17.5. The van der Waals surface area contributed by atoms with Gasteiger partial charge in [-0.25, -0.2) is 4.98 Å². The van der Waals surface area contributed by atoms with Crippen LogP contribution in [0.25, 0.3) is 0 Å². The first-order valence-electron chi connectivity index (χ1n) is 8.55. The lowest BCUT2D eigenvalue weighted by molar-refractivity contribution is 0.405. The Hall–Kier alpha value is -2.14. The summed E-state index contributed by atoms with van der Waals surface area (Å²) in [6.07, 6.45) is 1.08. The monoisotopic (exact) mass is 327 g/mol. The molecule has 0 fully saturated rings. The predicted octanol–water partition coefficient (Wildman–Crippen LogP) is 4.02. The summed E-state index contributed by atoms with van der Waals surface area (Å²) in [5.74, 6) is 2.03. The number of nitrogens with zero attached hydrogens (tertiary/aromatic N) is 3. The second kappa shape index (κ2) is 8.64. The first-order chi connectivity index (χ1) is 11.4. The molecule has 2 rings (SSSR count). The lowest BCUT2D eigenvalue weighted by atomic mass is 10.0. The highest BCUT2D eigenvalue weighted by molar-refractivity contribution is 5.55. The largest absolute Gasteiger partial charge is 0.370 e. The van der Waals surface area contributed by atoms with Crippen LogP contribution in [-0.2, 0) is 0 Å². The van der Waals surface area contributed by atoms with Gasteiger partial charge in [0, 0.05) is 24.0 Å². The highest BCUT2D eigenvalue weighted by atomic mass is 15.1. The number of aromatic nitrogens is 2. The molecule has 0 aliphatic rings. The van der Waals surface area contributed by atoms with Crippen LogP contribution in [0.2, 0.25) is 0 Å². The fourth-order valence-corrected chi connectivity index (χ4v) is 2.41. The molecule has 0 saturated carbocycles. The fourth-order valence-electron chi connectivity index (χ4n) is 2.41. The molecular weight excluding hydrogens is 298 g/mol. The van der Waals surface area contributed by atoms with E-state index in [-0.39, 0.29) is 0 Å². The van der Waals surface area contributed by atoms with Gasteiger partial charge in [0.2, 0.25) is 5.95 Å². The van der Waals surface area contributed by atoms with Crippen LogP contribution in [0.4, 0.5) is 17.5 Å². The molecule has 0 aliphatic carbocycles. The van der Waals surface area contributed by atoms with E-state index in [1.165, 1.54) is 5.56 Å². The Morgan fingerprint density at radius 3 is 2.42 bits per heavy atom. The van der Waals surface area contributed by atoms with Gasteiger partial charge in [0.1, 0.15) is 5.82 Å². The van der Waals surface area contributed by atoms with E-state index in [0.29, 0.717) is 11.9 Å². The number of rotatable bonds is 8. The fraction of sp³-hybridized carbons (Fsp3) is 0.474. The number of hydrogen-bond donors (Lipinski definition) is 2. The maximum atomic E-state index is 4.56. The lowest BCUT2D eigenvalue weighted by Gasteiger charge is -2.12. The molecule has 2 N–H and O–H groups in total. The van der Waals surface area contributed by atoms with E-state index in [2.05, 4.69) is 77.7 Å². The van der Waals surface area contributed by atoms with Gasteiger partial charge >= 0.3 is 0 Å². The van der Waals surface area contributed by atoms with Crippen LogP contribution in [-0.4, -0.2) is 42.1 Å². The second-order valence-corrected chi connectivity index (χ2v) is 6.70. The van der Waals surface area contributed by atoms with Crippen LogP contribution < -0.4 is 10.6 Å². The molecule has 0 amide bonds. The van der Waals surface area contributed by atoms with Crippen LogP contribution in [0.1, 0.15) is 37.4 Å². The molecule has 0 atom stereocenters. The van der Waals surface area contributed by atoms with E-state index in [1.807, 2.05) is 13.0 Å². The summed E-state index contributed by atoms with van der Waals surface area (Å²) in [6.45, 7) is 8.34. The molecule has 0 saturated heterocycles. The first kappa shape index (κ1) is 18.2. The second-order valence-electron chi connectivity index (χ2n) is 6.70. The standard InChI is InChI=1S/C19H29N5/c1-14(2)16-7-9-17(10-8-16)22-19-21-15(3)13-18(23-19)20-11-6-12-24(4)5/h7-10,13-14H,6,11-12H2,1-5H3,(H2,20,21,22,23). The molecule has 0 unspecified atom stereocenters. The molecule has 0 bridgehead atoms. The third-order valence-electron chi connectivity index (χ3n) is 3.78. The molecule has 1 aromatic heterocycles. The van der Waals surface area contributed by atoms with Crippen LogP contribution in [0.3, 0.4) is 0 Å². The van der Waals surface area contributed by atoms with Crippen LogP contribution in [0, 0.1) is 6.92 Å². The molecule has 1 aromatic carbocycles. The number of nitrogens with one attached hydrogen (secondary N) is 2.